The van der Waals surface area contributed by atoms with Crippen LogP contribution in [0.25, 0.3) is 0 Å². The number of Topliss-reactive ketones (excluding diaryl/α,β-unsaturated/α-hetero) is 1. The summed E-state index contributed by atoms with van der Waals surface area (Å²) in [5.41, 5.74) is 4.49. The number of carbonyl (C=O) groups is 2. The Bertz CT molecular complexity index is 520. The van der Waals surface area contributed by atoms with Crippen LogP contribution in [-0.4, -0.2) is 48.6 Å². The third-order valence-electron chi connectivity index (χ3n) is 3.71. The minimum atomic E-state index is -1.00. The second-order valence-corrected chi connectivity index (χ2v) is 5.97. The first-order valence-electron chi connectivity index (χ1n) is 8.02. The minimum absolute atomic E-state index is 0.132. The maximum Gasteiger partial charge on any atom is 0.252 e. The van der Waals surface area contributed by atoms with Crippen molar-refractivity contribution in [2.45, 2.75) is 44.8 Å². The summed E-state index contributed by atoms with van der Waals surface area (Å²) in [6, 6.07) is 2.81. The van der Waals surface area contributed by atoms with Gasteiger partial charge in [0, 0.05) is 13.3 Å². The molecule has 134 valence electrons. The van der Waals surface area contributed by atoms with E-state index in [0.717, 1.165) is 12.8 Å². The number of nitrogens with two attached hydrogens (primary N) is 1. The quantitative estimate of drug-likeness (QED) is 0.585. The van der Waals surface area contributed by atoms with Gasteiger partial charge in [-0.2, -0.15) is 0 Å². The lowest BCUT2D eigenvalue weighted by Crippen LogP contribution is -2.51. The molecule has 7 heteroatoms. The van der Waals surface area contributed by atoms with Crippen LogP contribution in [0.3, 0.4) is 0 Å². The molecule has 0 spiro atoms. The largest absolute Gasteiger partial charge is 0.484 e. The number of nitrogens with zero attached hydrogens (tertiary/aromatic N) is 1. The zero-order valence-corrected chi connectivity index (χ0v) is 14.6. The summed E-state index contributed by atoms with van der Waals surface area (Å²) < 4.78 is 10.6. The number of pyridine rings is 1. The van der Waals surface area contributed by atoms with E-state index in [9.17, 15) is 9.59 Å². The van der Waals surface area contributed by atoms with Gasteiger partial charge >= 0.3 is 0 Å². The topological polar surface area (TPSA) is 104 Å². The molecule has 0 unspecified atom stereocenters. The fourth-order valence-corrected chi connectivity index (χ4v) is 1.92. The van der Waals surface area contributed by atoms with E-state index in [1.165, 1.54) is 13.3 Å². The fraction of sp³-hybridized carbons (Fsp3) is 0.588. The molecular formula is C17H27N3O4. The molecule has 0 saturated carbocycles. The molecule has 0 fully saturated rings. The maximum absolute atomic E-state index is 12.4. The second kappa shape index (κ2) is 10.00. The average Bonchev–Trinajstić information content (AvgIpc) is 2.59. The lowest BCUT2D eigenvalue weighted by molar-refractivity contribution is -0.142. The summed E-state index contributed by atoms with van der Waals surface area (Å²) in [7, 11) is 1.45. The van der Waals surface area contributed by atoms with Gasteiger partial charge in [0.2, 0.25) is 0 Å². The van der Waals surface area contributed by atoms with Gasteiger partial charge in [0.15, 0.2) is 5.78 Å². The van der Waals surface area contributed by atoms with E-state index in [1.807, 2.05) is 0 Å². The number of carbonyl (C=O) groups excluding carboxylic acids is 2. The molecule has 0 radical (unpaired) electrons. The molecule has 1 atom stereocenters. The monoisotopic (exact) mass is 337 g/mol. The van der Waals surface area contributed by atoms with E-state index >= 15 is 0 Å². The van der Waals surface area contributed by atoms with E-state index in [0.29, 0.717) is 18.7 Å². The van der Waals surface area contributed by atoms with Crippen LogP contribution in [0.15, 0.2) is 24.5 Å². The van der Waals surface area contributed by atoms with Crippen molar-refractivity contribution in [1.29, 1.82) is 0 Å². The van der Waals surface area contributed by atoms with Crippen molar-refractivity contribution in [3.63, 3.8) is 0 Å². The van der Waals surface area contributed by atoms with Crippen LogP contribution in [0, 0.1) is 0 Å². The smallest absolute Gasteiger partial charge is 0.252 e. The fourth-order valence-electron chi connectivity index (χ4n) is 1.92. The van der Waals surface area contributed by atoms with Crippen LogP contribution in [0.1, 0.15) is 33.1 Å². The third kappa shape index (κ3) is 6.64. The molecule has 0 aromatic carbocycles. The van der Waals surface area contributed by atoms with Crippen molar-refractivity contribution in [2.24, 2.45) is 5.73 Å². The van der Waals surface area contributed by atoms with Crippen molar-refractivity contribution < 1.29 is 19.1 Å². The molecule has 3 N–H and O–H groups in total. The third-order valence-corrected chi connectivity index (χ3v) is 3.71. The molecule has 0 aliphatic heterocycles. The van der Waals surface area contributed by atoms with Gasteiger partial charge in [-0.15, -0.1) is 0 Å². The number of hydrogen-bond acceptors (Lipinski definition) is 6. The molecule has 1 amide bonds. The summed E-state index contributed by atoms with van der Waals surface area (Å²) in [6.45, 7) is 3.71. The maximum atomic E-state index is 12.4. The van der Waals surface area contributed by atoms with Crippen molar-refractivity contribution in [3.8, 4) is 5.75 Å². The number of aromatic nitrogens is 1. The van der Waals surface area contributed by atoms with Gasteiger partial charge in [-0.25, -0.2) is 0 Å². The Morgan fingerprint density at radius 3 is 2.71 bits per heavy atom. The van der Waals surface area contributed by atoms with Gasteiger partial charge in [-0.05, 0) is 51.8 Å². The van der Waals surface area contributed by atoms with Crippen molar-refractivity contribution in [1.82, 2.24) is 10.3 Å². The lowest BCUT2D eigenvalue weighted by atomic mass is 10.0. The highest BCUT2D eigenvalue weighted by atomic mass is 16.5. The summed E-state index contributed by atoms with van der Waals surface area (Å²) in [4.78, 5) is 28.6. The molecule has 1 rings (SSSR count). The molecule has 0 aliphatic rings. The Hall–Kier alpha value is -1.99. The summed E-state index contributed by atoms with van der Waals surface area (Å²) in [5.74, 6) is -0.0243. The van der Waals surface area contributed by atoms with Gasteiger partial charge in [-0.1, -0.05) is 0 Å². The number of ketones is 1. The molecule has 1 heterocycles. The Morgan fingerprint density at radius 2 is 2.12 bits per heavy atom. The zero-order chi connectivity index (χ0) is 18.0. The van der Waals surface area contributed by atoms with E-state index in [-0.39, 0.29) is 18.3 Å². The van der Waals surface area contributed by atoms with Crippen LogP contribution < -0.4 is 15.8 Å². The highest BCUT2D eigenvalue weighted by molar-refractivity contribution is 5.92. The van der Waals surface area contributed by atoms with Crippen LogP contribution in [0.2, 0.25) is 0 Å². The number of hydrogen-bond donors (Lipinski definition) is 2. The molecule has 24 heavy (non-hydrogen) atoms. The Kier molecular flexibility index (Phi) is 8.35. The molecule has 0 bridgehead atoms. The number of amides is 1. The van der Waals surface area contributed by atoms with Crippen molar-refractivity contribution in [3.05, 3.63) is 24.5 Å². The van der Waals surface area contributed by atoms with Gasteiger partial charge in [0.05, 0.1) is 12.2 Å². The zero-order valence-electron chi connectivity index (χ0n) is 14.6. The summed E-state index contributed by atoms with van der Waals surface area (Å²) in [6.07, 6.45) is 5.20. The molecule has 0 saturated heterocycles. The second-order valence-electron chi connectivity index (χ2n) is 5.97. The van der Waals surface area contributed by atoms with Crippen molar-refractivity contribution in [2.75, 3.05) is 20.3 Å². The number of unbranched alkanes of at least 4 members (excludes halogenated alkanes) is 1. The van der Waals surface area contributed by atoms with E-state index in [4.69, 9.17) is 15.2 Å². The van der Waals surface area contributed by atoms with E-state index < -0.39 is 11.6 Å². The number of nitrogens with one attached hydrogen (secondary N) is 1. The number of methoxy groups -OCH3 is 1. The summed E-state index contributed by atoms with van der Waals surface area (Å²) in [5, 5.41) is 2.75. The molecule has 1 aromatic heterocycles. The minimum Gasteiger partial charge on any atom is -0.484 e. The highest BCUT2D eigenvalue weighted by Gasteiger charge is 2.31. The molecule has 1 aromatic rings. The SMILES string of the molecule is COC(C)(C)C(=O)N[C@@H](CCCCN)C(=O)COc1cccnc1. The molecular weight excluding hydrogens is 310 g/mol. The van der Waals surface area contributed by atoms with Gasteiger partial charge < -0.3 is 20.5 Å². The van der Waals surface area contributed by atoms with Gasteiger partial charge in [0.25, 0.3) is 5.91 Å². The number of ether oxygens (including phenoxy) is 2. The first-order chi connectivity index (χ1) is 11.4. The predicted octanol–water partition coefficient (Wildman–Crippen LogP) is 1.07. The Labute approximate surface area is 142 Å². The Morgan fingerprint density at radius 1 is 1.38 bits per heavy atom. The average molecular weight is 337 g/mol. The van der Waals surface area contributed by atoms with E-state index in [2.05, 4.69) is 10.3 Å². The van der Waals surface area contributed by atoms with Crippen LogP contribution in [0.4, 0.5) is 0 Å². The first kappa shape index (κ1) is 20.1. The molecule has 0 aliphatic carbocycles. The van der Waals surface area contributed by atoms with Crippen molar-refractivity contribution >= 4 is 11.7 Å². The van der Waals surface area contributed by atoms with Gasteiger partial charge in [-0.3, -0.25) is 14.6 Å². The van der Waals surface area contributed by atoms with Crippen LogP contribution >= 0.6 is 0 Å². The normalized spacial score (nSPS) is 12.5. The number of rotatable bonds is 11. The lowest BCUT2D eigenvalue weighted by Gasteiger charge is -2.25. The van der Waals surface area contributed by atoms with E-state index in [1.54, 1.807) is 32.2 Å². The Balaban J connectivity index is 2.65. The predicted molar refractivity (Wildman–Crippen MR) is 90.7 cm³/mol. The first-order valence-corrected chi connectivity index (χ1v) is 8.02. The van der Waals surface area contributed by atoms with Crippen LogP contribution in [0.5, 0.6) is 5.75 Å². The van der Waals surface area contributed by atoms with Crippen LogP contribution in [-0.2, 0) is 14.3 Å². The van der Waals surface area contributed by atoms with Gasteiger partial charge in [0.1, 0.15) is 18.0 Å². The standard InChI is InChI=1S/C17H27N3O4/c1-17(2,23-3)16(22)20-14(8-4-5-9-18)15(21)12-24-13-7-6-10-19-11-13/h6-7,10-11,14H,4-5,8-9,12,18H2,1-3H3,(H,20,22)/t14-/m0/s1. The molecule has 7 nitrogen and oxygen atoms in total. The summed E-state index contributed by atoms with van der Waals surface area (Å²) >= 11 is 0. The highest BCUT2D eigenvalue weighted by Crippen LogP contribution is 2.11.